The molecule has 2 saturated heterocycles. The van der Waals surface area contributed by atoms with Crippen LogP contribution in [0, 0.1) is 0 Å². The first kappa shape index (κ1) is 12.6. The second-order valence-electron chi connectivity index (χ2n) is 4.90. The van der Waals surface area contributed by atoms with E-state index in [0.717, 1.165) is 39.0 Å². The maximum Gasteiger partial charge on any atom is 0.409 e. The smallest absolute Gasteiger partial charge is 0.409 e. The molecule has 0 aromatic heterocycles. The highest BCUT2D eigenvalue weighted by atomic mass is 16.6. The molecule has 0 aromatic rings. The molecule has 2 fully saturated rings. The average molecular weight is 242 g/mol. The molecule has 5 nitrogen and oxygen atoms in total. The summed E-state index contributed by atoms with van der Waals surface area (Å²) in [5.74, 6) is 0. The molecule has 0 aliphatic carbocycles. The van der Waals surface area contributed by atoms with Crippen LogP contribution in [0.4, 0.5) is 4.79 Å². The van der Waals surface area contributed by atoms with E-state index in [1.54, 1.807) is 4.90 Å². The van der Waals surface area contributed by atoms with Crippen molar-refractivity contribution in [1.82, 2.24) is 10.2 Å². The molecule has 1 N–H and O–H groups in total. The molecule has 0 radical (unpaired) electrons. The Morgan fingerprint density at radius 2 is 2.47 bits per heavy atom. The number of morpholine rings is 1. The van der Waals surface area contributed by atoms with E-state index in [9.17, 15) is 4.79 Å². The summed E-state index contributed by atoms with van der Waals surface area (Å²) in [6.45, 7) is 6.43. The lowest BCUT2D eigenvalue weighted by Gasteiger charge is -2.34. The van der Waals surface area contributed by atoms with Gasteiger partial charge in [0.05, 0.1) is 25.4 Å². The molecule has 5 heteroatoms. The molecule has 1 atom stereocenters. The summed E-state index contributed by atoms with van der Waals surface area (Å²) in [5.41, 5.74) is -0.0258. The molecule has 0 saturated carbocycles. The molecular weight excluding hydrogens is 220 g/mol. The van der Waals surface area contributed by atoms with E-state index in [4.69, 9.17) is 9.47 Å². The number of nitrogens with zero attached hydrogens (tertiary/aromatic N) is 1. The van der Waals surface area contributed by atoms with Crippen molar-refractivity contribution in [2.75, 3.05) is 39.5 Å². The van der Waals surface area contributed by atoms with Crippen LogP contribution in [0.5, 0.6) is 0 Å². The molecule has 2 aliphatic heterocycles. The van der Waals surface area contributed by atoms with Crippen LogP contribution in [-0.2, 0) is 9.47 Å². The van der Waals surface area contributed by atoms with Crippen LogP contribution in [-0.4, -0.2) is 56.0 Å². The number of unbranched alkanes of at least 4 members (excludes halogenated alkanes) is 1. The number of amides is 1. The fourth-order valence-electron chi connectivity index (χ4n) is 2.39. The highest BCUT2D eigenvalue weighted by molar-refractivity contribution is 5.68. The molecule has 17 heavy (non-hydrogen) atoms. The molecule has 0 aromatic carbocycles. The van der Waals surface area contributed by atoms with Crippen LogP contribution in [0.25, 0.3) is 0 Å². The molecule has 1 amide bonds. The van der Waals surface area contributed by atoms with Crippen LogP contribution in [0.15, 0.2) is 0 Å². The largest absolute Gasteiger partial charge is 0.449 e. The van der Waals surface area contributed by atoms with E-state index in [-0.39, 0.29) is 11.6 Å². The van der Waals surface area contributed by atoms with E-state index in [1.807, 2.05) is 0 Å². The minimum absolute atomic E-state index is 0.0258. The van der Waals surface area contributed by atoms with Crippen molar-refractivity contribution in [3.8, 4) is 0 Å². The summed E-state index contributed by atoms with van der Waals surface area (Å²) in [7, 11) is 0. The molecule has 0 unspecified atom stereocenters. The van der Waals surface area contributed by atoms with Crippen molar-refractivity contribution in [2.45, 2.75) is 31.7 Å². The molecular formula is C12H22N2O3. The number of nitrogens with one attached hydrogen (secondary N) is 1. The Morgan fingerprint density at radius 3 is 3.18 bits per heavy atom. The van der Waals surface area contributed by atoms with Crippen LogP contribution in [0.1, 0.15) is 26.2 Å². The first-order valence-corrected chi connectivity index (χ1v) is 6.50. The van der Waals surface area contributed by atoms with Gasteiger partial charge in [-0.25, -0.2) is 4.79 Å². The fraction of sp³-hybridized carbons (Fsp3) is 0.917. The van der Waals surface area contributed by atoms with Gasteiger partial charge in [0.1, 0.15) is 0 Å². The van der Waals surface area contributed by atoms with Crippen molar-refractivity contribution < 1.29 is 14.3 Å². The fourth-order valence-corrected chi connectivity index (χ4v) is 2.39. The van der Waals surface area contributed by atoms with Gasteiger partial charge < -0.3 is 19.7 Å². The standard InChI is InChI=1S/C12H22N2O3/c1-2-3-7-17-11(15)14-6-4-12(9-14)10-16-8-5-13-12/h13H,2-10H2,1H3/t12-/m0/s1. The number of carbonyl (C=O) groups is 1. The minimum atomic E-state index is -0.178. The number of ether oxygens (including phenoxy) is 2. The van der Waals surface area contributed by atoms with Gasteiger partial charge in [-0.15, -0.1) is 0 Å². The zero-order valence-electron chi connectivity index (χ0n) is 10.5. The third kappa shape index (κ3) is 3.10. The summed E-state index contributed by atoms with van der Waals surface area (Å²) in [6, 6.07) is 0. The van der Waals surface area contributed by atoms with Crippen molar-refractivity contribution in [1.29, 1.82) is 0 Å². The van der Waals surface area contributed by atoms with Crippen LogP contribution < -0.4 is 5.32 Å². The molecule has 2 aliphatic rings. The van der Waals surface area contributed by atoms with Crippen molar-refractivity contribution in [2.24, 2.45) is 0 Å². The van der Waals surface area contributed by atoms with Gasteiger partial charge in [-0.1, -0.05) is 13.3 Å². The lowest BCUT2D eigenvalue weighted by atomic mass is 9.99. The van der Waals surface area contributed by atoms with Gasteiger partial charge in [-0.3, -0.25) is 0 Å². The Kier molecular flexibility index (Phi) is 4.23. The molecule has 2 heterocycles. The SMILES string of the molecule is CCCCOC(=O)N1CC[C@@]2(COCCN2)C1. The van der Waals surface area contributed by atoms with E-state index in [1.165, 1.54) is 0 Å². The Morgan fingerprint density at radius 1 is 1.59 bits per heavy atom. The maximum atomic E-state index is 11.8. The van der Waals surface area contributed by atoms with Crippen LogP contribution in [0.2, 0.25) is 0 Å². The summed E-state index contributed by atoms with van der Waals surface area (Å²) in [6.07, 6.45) is 2.76. The molecule has 2 rings (SSSR count). The van der Waals surface area contributed by atoms with Gasteiger partial charge in [0.15, 0.2) is 0 Å². The highest BCUT2D eigenvalue weighted by Crippen LogP contribution is 2.24. The topological polar surface area (TPSA) is 50.8 Å². The number of hydrogen-bond acceptors (Lipinski definition) is 4. The Bertz CT molecular complexity index is 264. The second kappa shape index (κ2) is 5.69. The first-order valence-electron chi connectivity index (χ1n) is 6.50. The van der Waals surface area contributed by atoms with E-state index in [2.05, 4.69) is 12.2 Å². The van der Waals surface area contributed by atoms with Gasteiger partial charge in [0.2, 0.25) is 0 Å². The molecule has 1 spiro atoms. The monoisotopic (exact) mass is 242 g/mol. The third-order valence-corrected chi connectivity index (χ3v) is 3.46. The Balaban J connectivity index is 1.78. The zero-order chi connectivity index (χ0) is 12.1. The van der Waals surface area contributed by atoms with Crippen LogP contribution in [0.3, 0.4) is 0 Å². The number of likely N-dealkylation sites (tertiary alicyclic amines) is 1. The van der Waals surface area contributed by atoms with E-state index >= 15 is 0 Å². The van der Waals surface area contributed by atoms with Gasteiger partial charge in [0, 0.05) is 19.6 Å². The lowest BCUT2D eigenvalue weighted by molar-refractivity contribution is 0.0300. The quantitative estimate of drug-likeness (QED) is 0.750. The van der Waals surface area contributed by atoms with E-state index in [0.29, 0.717) is 19.8 Å². The first-order chi connectivity index (χ1) is 8.26. The average Bonchev–Trinajstić information content (AvgIpc) is 2.74. The van der Waals surface area contributed by atoms with Gasteiger partial charge in [0.25, 0.3) is 0 Å². The summed E-state index contributed by atoms with van der Waals surface area (Å²) >= 11 is 0. The Hall–Kier alpha value is -0.810. The summed E-state index contributed by atoms with van der Waals surface area (Å²) in [4.78, 5) is 13.6. The zero-order valence-corrected chi connectivity index (χ0v) is 10.5. The predicted octanol–water partition coefficient (Wildman–Crippen LogP) is 0.987. The van der Waals surface area contributed by atoms with Gasteiger partial charge in [-0.2, -0.15) is 0 Å². The summed E-state index contributed by atoms with van der Waals surface area (Å²) < 4.78 is 10.7. The number of rotatable bonds is 3. The Labute approximate surface area is 102 Å². The van der Waals surface area contributed by atoms with Gasteiger partial charge >= 0.3 is 6.09 Å². The highest BCUT2D eigenvalue weighted by Gasteiger charge is 2.41. The lowest BCUT2D eigenvalue weighted by Crippen LogP contribution is -2.56. The minimum Gasteiger partial charge on any atom is -0.449 e. The number of hydrogen-bond donors (Lipinski definition) is 1. The van der Waals surface area contributed by atoms with E-state index < -0.39 is 0 Å². The third-order valence-electron chi connectivity index (χ3n) is 3.46. The maximum absolute atomic E-state index is 11.8. The molecule has 98 valence electrons. The van der Waals surface area contributed by atoms with Gasteiger partial charge in [-0.05, 0) is 12.8 Å². The van der Waals surface area contributed by atoms with Crippen molar-refractivity contribution in [3.63, 3.8) is 0 Å². The second-order valence-corrected chi connectivity index (χ2v) is 4.90. The van der Waals surface area contributed by atoms with Crippen molar-refractivity contribution >= 4 is 6.09 Å². The molecule has 0 bridgehead atoms. The van der Waals surface area contributed by atoms with Crippen molar-refractivity contribution in [3.05, 3.63) is 0 Å². The van der Waals surface area contributed by atoms with Crippen LogP contribution >= 0.6 is 0 Å². The summed E-state index contributed by atoms with van der Waals surface area (Å²) in [5, 5.41) is 3.47. The predicted molar refractivity (Wildman–Crippen MR) is 64.0 cm³/mol. The normalized spacial score (nSPS) is 28.6. The number of carbonyl (C=O) groups excluding carboxylic acids is 1.